The van der Waals surface area contributed by atoms with Crippen LogP contribution in [0.25, 0.3) is 0 Å². The van der Waals surface area contributed by atoms with Crippen LogP contribution in [0.2, 0.25) is 0 Å². The Bertz CT molecular complexity index is 822. The van der Waals surface area contributed by atoms with E-state index in [2.05, 4.69) is 13.0 Å². The number of carbonyl (C=O) groups is 1. The zero-order valence-corrected chi connectivity index (χ0v) is 20.8. The zero-order chi connectivity index (χ0) is 22.9. The number of aryl methyl sites for hydroxylation is 1. The number of ether oxygens (including phenoxy) is 1. The number of nitrogens with zero attached hydrogens (tertiary/aromatic N) is 1. The van der Waals surface area contributed by atoms with Crippen molar-refractivity contribution in [1.82, 2.24) is 4.90 Å². The third-order valence-electron chi connectivity index (χ3n) is 8.00. The quantitative estimate of drug-likeness (QED) is 0.383. The van der Waals surface area contributed by atoms with Gasteiger partial charge in [-0.25, -0.2) is 4.79 Å². The van der Waals surface area contributed by atoms with Crippen molar-refractivity contribution < 1.29 is 23.8 Å². The average molecular weight is 504 g/mol. The van der Waals surface area contributed by atoms with Crippen molar-refractivity contribution in [2.75, 3.05) is 24.8 Å². The number of fused-ring (bicyclic) bond motifs is 5. The van der Waals surface area contributed by atoms with Gasteiger partial charge in [0.05, 0.1) is 6.10 Å². The molecule has 0 bridgehead atoms. The lowest BCUT2D eigenvalue weighted by atomic mass is 9.55. The Hall–Kier alpha value is -0.620. The fourth-order valence-electron chi connectivity index (χ4n) is 6.52. The van der Waals surface area contributed by atoms with Gasteiger partial charge in [0.1, 0.15) is 5.75 Å². The van der Waals surface area contributed by atoms with E-state index in [1.54, 1.807) is 0 Å². The Morgan fingerprint density at radius 1 is 1.19 bits per heavy atom. The maximum absolute atomic E-state index is 12.5. The Morgan fingerprint density at radius 3 is 2.62 bits per heavy atom. The third kappa shape index (κ3) is 4.78. The highest BCUT2D eigenvalue weighted by atomic mass is 35.5. The molecule has 2 saturated carbocycles. The van der Waals surface area contributed by atoms with Crippen molar-refractivity contribution in [2.45, 2.75) is 57.5 Å². The van der Waals surface area contributed by atoms with Gasteiger partial charge in [0.25, 0.3) is 0 Å². The van der Waals surface area contributed by atoms with E-state index in [9.17, 15) is 14.6 Å². The molecule has 3 aliphatic carbocycles. The lowest BCUT2D eigenvalue weighted by Gasteiger charge is -2.50. The zero-order valence-electron chi connectivity index (χ0n) is 18.4. The molecule has 0 heterocycles. The lowest BCUT2D eigenvalue weighted by Crippen LogP contribution is -2.44. The minimum Gasteiger partial charge on any atom is -0.410 e. The highest BCUT2D eigenvalue weighted by Gasteiger charge is 2.55. The van der Waals surface area contributed by atoms with Gasteiger partial charge >= 0.3 is 14.7 Å². The molecule has 32 heavy (non-hydrogen) atoms. The predicted molar refractivity (Wildman–Crippen MR) is 126 cm³/mol. The summed E-state index contributed by atoms with van der Waals surface area (Å²) in [7, 11) is -2.32. The van der Waals surface area contributed by atoms with Gasteiger partial charge in [-0.05, 0) is 85.0 Å². The molecular weight excluding hydrogens is 472 g/mol. The second-order valence-electron chi connectivity index (χ2n) is 9.48. The van der Waals surface area contributed by atoms with Gasteiger partial charge < -0.3 is 23.9 Å². The highest BCUT2D eigenvalue weighted by Crippen LogP contribution is 2.62. The van der Waals surface area contributed by atoms with Crippen molar-refractivity contribution in [3.8, 4) is 5.75 Å². The smallest absolute Gasteiger partial charge is 0.410 e. The first kappa shape index (κ1) is 24.5. The normalized spacial score (nSPS) is 31.1. The molecule has 0 aliphatic heterocycles. The molecule has 1 aromatic rings. The van der Waals surface area contributed by atoms with E-state index in [1.807, 2.05) is 12.1 Å². The maximum Gasteiger partial charge on any atom is 0.415 e. The van der Waals surface area contributed by atoms with Crippen LogP contribution >= 0.6 is 31.8 Å². The summed E-state index contributed by atoms with van der Waals surface area (Å²) in [6, 6.07) is 6.05. The van der Waals surface area contributed by atoms with E-state index in [0.717, 1.165) is 38.5 Å². The summed E-state index contributed by atoms with van der Waals surface area (Å²) in [5.41, 5.74) is 2.65. The maximum atomic E-state index is 12.5. The molecule has 1 amide bonds. The van der Waals surface area contributed by atoms with Crippen molar-refractivity contribution in [1.29, 1.82) is 0 Å². The van der Waals surface area contributed by atoms with Gasteiger partial charge in [0.2, 0.25) is 0 Å². The predicted octanol–water partition coefficient (Wildman–Crippen LogP) is 5.42. The van der Waals surface area contributed by atoms with Crippen LogP contribution in [-0.4, -0.2) is 51.7 Å². The molecule has 0 radical (unpaired) electrons. The Morgan fingerprint density at radius 2 is 1.94 bits per heavy atom. The van der Waals surface area contributed by atoms with E-state index < -0.39 is 14.7 Å². The summed E-state index contributed by atoms with van der Waals surface area (Å²) in [5, 5.41) is 0. The SMILES string of the molecule is C[C@]12CCC3c4ccc(OC(=O)N(CCCl)CCCl)cc4CCC3C1CC[C@@H]2OP(O)O. The van der Waals surface area contributed by atoms with E-state index >= 15 is 0 Å². The fraction of sp³-hybridized carbons (Fsp3) is 0.696. The standard InChI is InChI=1S/C23H32Cl2NO5P/c1-23-9-8-18-17-5-3-16(30-22(27)26(12-10-24)13-11-25)14-15(17)2-4-19(18)20(23)6-7-21(23)31-32(28)29/h3,5,14,18-21,28-29H,2,4,6-13H2,1H3/t18?,19?,20?,21-,23-/m0/s1. The van der Waals surface area contributed by atoms with E-state index in [-0.39, 0.29) is 11.5 Å². The first-order valence-corrected chi connectivity index (χ1v) is 13.7. The van der Waals surface area contributed by atoms with Crippen LogP contribution in [0.3, 0.4) is 0 Å². The molecule has 4 rings (SSSR count). The molecule has 178 valence electrons. The summed E-state index contributed by atoms with van der Waals surface area (Å²) in [5.74, 6) is 2.85. The molecule has 5 atom stereocenters. The number of halogens is 2. The van der Waals surface area contributed by atoms with Crippen LogP contribution in [0.4, 0.5) is 4.79 Å². The van der Waals surface area contributed by atoms with E-state index in [4.69, 9.17) is 32.5 Å². The highest BCUT2D eigenvalue weighted by molar-refractivity contribution is 7.39. The first-order chi connectivity index (χ1) is 15.4. The average Bonchev–Trinajstić information content (AvgIpc) is 3.09. The molecule has 0 aromatic heterocycles. The molecule has 3 aliphatic rings. The molecule has 0 saturated heterocycles. The van der Waals surface area contributed by atoms with E-state index in [0.29, 0.717) is 48.4 Å². The van der Waals surface area contributed by atoms with Crippen molar-refractivity contribution in [2.24, 2.45) is 17.3 Å². The van der Waals surface area contributed by atoms with Gasteiger partial charge in [-0.3, -0.25) is 0 Å². The Balaban J connectivity index is 1.48. The molecule has 1 aromatic carbocycles. The van der Waals surface area contributed by atoms with Gasteiger partial charge in [0, 0.05) is 24.8 Å². The molecule has 2 N–H and O–H groups in total. The number of hydrogen-bond donors (Lipinski definition) is 2. The fourth-order valence-corrected chi connectivity index (χ4v) is 7.51. The van der Waals surface area contributed by atoms with Crippen LogP contribution in [0.5, 0.6) is 5.75 Å². The van der Waals surface area contributed by atoms with Crippen LogP contribution < -0.4 is 4.74 Å². The second-order valence-corrected chi connectivity index (χ2v) is 10.9. The number of alkyl halides is 2. The van der Waals surface area contributed by atoms with Crippen molar-refractivity contribution in [3.05, 3.63) is 29.3 Å². The summed E-state index contributed by atoms with van der Waals surface area (Å²) in [6.07, 6.45) is 5.63. The number of amides is 1. The van der Waals surface area contributed by atoms with Crippen molar-refractivity contribution in [3.63, 3.8) is 0 Å². The van der Waals surface area contributed by atoms with Crippen molar-refractivity contribution >= 4 is 37.9 Å². The largest absolute Gasteiger partial charge is 0.415 e. The van der Waals surface area contributed by atoms with Gasteiger partial charge in [0.15, 0.2) is 0 Å². The molecular formula is C23H32Cl2NO5P. The summed E-state index contributed by atoms with van der Waals surface area (Å²) >= 11 is 11.6. The lowest BCUT2D eigenvalue weighted by molar-refractivity contribution is -0.0149. The minimum absolute atomic E-state index is 0.00842. The molecule has 3 unspecified atom stereocenters. The first-order valence-electron chi connectivity index (χ1n) is 11.4. The summed E-state index contributed by atoms with van der Waals surface area (Å²) < 4.78 is 11.2. The Labute approximate surface area is 201 Å². The molecule has 2 fully saturated rings. The molecule has 0 spiro atoms. The number of carbonyl (C=O) groups excluding carboxylic acids is 1. The number of rotatable bonds is 7. The van der Waals surface area contributed by atoms with Crippen LogP contribution in [0.15, 0.2) is 18.2 Å². The van der Waals surface area contributed by atoms with Crippen LogP contribution in [0.1, 0.15) is 56.1 Å². The minimum atomic E-state index is -2.32. The van der Waals surface area contributed by atoms with E-state index in [1.165, 1.54) is 16.0 Å². The van der Waals surface area contributed by atoms with Gasteiger partial charge in [-0.1, -0.05) is 13.0 Å². The summed E-state index contributed by atoms with van der Waals surface area (Å²) in [6.45, 7) is 3.08. The topological polar surface area (TPSA) is 79.2 Å². The number of hydrogen-bond acceptors (Lipinski definition) is 5. The van der Waals surface area contributed by atoms with Crippen LogP contribution in [-0.2, 0) is 10.9 Å². The van der Waals surface area contributed by atoms with Gasteiger partial charge in [-0.2, -0.15) is 0 Å². The van der Waals surface area contributed by atoms with Gasteiger partial charge in [-0.15, -0.1) is 23.2 Å². The summed E-state index contributed by atoms with van der Waals surface area (Å²) in [4.78, 5) is 32.8. The van der Waals surface area contributed by atoms with Crippen LogP contribution in [0, 0.1) is 17.3 Å². The molecule has 9 heteroatoms. The third-order valence-corrected chi connectivity index (χ3v) is 8.79. The number of benzene rings is 1. The molecule has 6 nitrogen and oxygen atoms in total. The second kappa shape index (κ2) is 10.3. The monoisotopic (exact) mass is 503 g/mol. The Kier molecular flexibility index (Phi) is 7.91.